The number of rotatable bonds is 3. The third kappa shape index (κ3) is 2.45. The van der Waals surface area contributed by atoms with Crippen LogP contribution in [0, 0.1) is 5.92 Å². The topological polar surface area (TPSA) is 50.7 Å². The van der Waals surface area contributed by atoms with Crippen LogP contribution in [0.2, 0.25) is 0 Å². The molecule has 0 bridgehead atoms. The summed E-state index contributed by atoms with van der Waals surface area (Å²) in [5.41, 5.74) is 0. The summed E-state index contributed by atoms with van der Waals surface area (Å²) in [6.07, 6.45) is 3.14. The van der Waals surface area contributed by atoms with Crippen molar-refractivity contribution in [2.24, 2.45) is 5.92 Å². The zero-order chi connectivity index (χ0) is 9.80. The first kappa shape index (κ1) is 10.4. The molecule has 0 aromatic rings. The highest BCUT2D eigenvalue weighted by Gasteiger charge is 2.32. The molecule has 2 N–H and O–H groups in total. The van der Waals surface area contributed by atoms with E-state index in [9.17, 15) is 0 Å². The quantitative estimate of drug-likeness (QED) is 0.680. The lowest BCUT2D eigenvalue weighted by Gasteiger charge is -2.26. The first-order valence-electron chi connectivity index (χ1n) is 5.49. The van der Waals surface area contributed by atoms with Gasteiger partial charge in [0.15, 0.2) is 6.29 Å². The number of piperidine rings is 1. The van der Waals surface area contributed by atoms with Gasteiger partial charge in [0.2, 0.25) is 0 Å². The van der Waals surface area contributed by atoms with Crippen LogP contribution in [0.3, 0.4) is 0 Å². The lowest BCUT2D eigenvalue weighted by atomic mass is 9.99. The summed E-state index contributed by atoms with van der Waals surface area (Å²) < 4.78 is 11.3. The van der Waals surface area contributed by atoms with E-state index in [2.05, 4.69) is 5.32 Å². The average molecular weight is 201 g/mol. The van der Waals surface area contributed by atoms with Crippen LogP contribution in [0.5, 0.6) is 0 Å². The minimum absolute atomic E-state index is 0.0423. The van der Waals surface area contributed by atoms with Crippen LogP contribution in [0.1, 0.15) is 19.3 Å². The van der Waals surface area contributed by atoms with Crippen molar-refractivity contribution < 1.29 is 14.6 Å². The summed E-state index contributed by atoms with van der Waals surface area (Å²) in [6, 6.07) is 0. The normalized spacial score (nSPS) is 38.8. The molecule has 0 aromatic carbocycles. The number of ether oxygens (including phenoxy) is 2. The standard InChI is InChI=1S/C10H19NO3/c12-5-3-9-7-13-10(14-9)8-2-1-4-11-6-8/h8-12H,1-7H2. The molecular weight excluding hydrogens is 182 g/mol. The second-order valence-corrected chi connectivity index (χ2v) is 4.08. The van der Waals surface area contributed by atoms with Gasteiger partial charge in [0.25, 0.3) is 0 Å². The van der Waals surface area contributed by atoms with Crippen molar-refractivity contribution in [2.75, 3.05) is 26.3 Å². The molecule has 3 unspecified atom stereocenters. The predicted octanol–water partition coefficient (Wildman–Crippen LogP) is 0.110. The molecule has 0 amide bonds. The van der Waals surface area contributed by atoms with E-state index in [-0.39, 0.29) is 19.0 Å². The molecule has 0 spiro atoms. The molecule has 82 valence electrons. The Kier molecular flexibility index (Phi) is 3.75. The van der Waals surface area contributed by atoms with Crippen LogP contribution in [0.25, 0.3) is 0 Å². The van der Waals surface area contributed by atoms with Gasteiger partial charge >= 0.3 is 0 Å². The Bertz CT molecular complexity index is 171. The number of aliphatic hydroxyl groups is 1. The van der Waals surface area contributed by atoms with Crippen molar-refractivity contribution in [1.29, 1.82) is 0 Å². The monoisotopic (exact) mass is 201 g/mol. The molecule has 4 nitrogen and oxygen atoms in total. The van der Waals surface area contributed by atoms with Gasteiger partial charge in [-0.25, -0.2) is 0 Å². The second-order valence-electron chi connectivity index (χ2n) is 4.08. The zero-order valence-electron chi connectivity index (χ0n) is 8.45. The molecule has 3 atom stereocenters. The second kappa shape index (κ2) is 5.07. The highest BCUT2D eigenvalue weighted by Crippen LogP contribution is 2.25. The Morgan fingerprint density at radius 2 is 2.36 bits per heavy atom. The summed E-state index contributed by atoms with van der Waals surface area (Å²) in [7, 11) is 0. The fraction of sp³-hybridized carbons (Fsp3) is 1.00. The third-order valence-corrected chi connectivity index (χ3v) is 2.94. The van der Waals surface area contributed by atoms with E-state index in [0.717, 1.165) is 13.1 Å². The van der Waals surface area contributed by atoms with Crippen LogP contribution >= 0.6 is 0 Å². The highest BCUT2D eigenvalue weighted by atomic mass is 16.7. The largest absolute Gasteiger partial charge is 0.396 e. The Morgan fingerprint density at radius 3 is 3.07 bits per heavy atom. The van der Waals surface area contributed by atoms with Crippen molar-refractivity contribution in [3.63, 3.8) is 0 Å². The van der Waals surface area contributed by atoms with Crippen molar-refractivity contribution >= 4 is 0 Å². The van der Waals surface area contributed by atoms with Gasteiger partial charge in [0.1, 0.15) is 0 Å². The zero-order valence-corrected chi connectivity index (χ0v) is 8.45. The van der Waals surface area contributed by atoms with Crippen LogP contribution in [-0.2, 0) is 9.47 Å². The van der Waals surface area contributed by atoms with Crippen molar-refractivity contribution in [1.82, 2.24) is 5.32 Å². The van der Waals surface area contributed by atoms with E-state index >= 15 is 0 Å². The van der Waals surface area contributed by atoms with Crippen LogP contribution in [-0.4, -0.2) is 43.8 Å². The maximum Gasteiger partial charge on any atom is 0.162 e. The number of hydrogen-bond acceptors (Lipinski definition) is 4. The first-order valence-corrected chi connectivity index (χ1v) is 5.49. The van der Waals surface area contributed by atoms with Gasteiger partial charge in [-0.2, -0.15) is 0 Å². The molecular formula is C10H19NO3. The van der Waals surface area contributed by atoms with E-state index in [1.165, 1.54) is 12.8 Å². The summed E-state index contributed by atoms with van der Waals surface area (Å²) in [5, 5.41) is 12.1. The molecule has 2 aliphatic heterocycles. The number of hydrogen-bond donors (Lipinski definition) is 2. The van der Waals surface area contributed by atoms with Gasteiger partial charge in [-0.15, -0.1) is 0 Å². The summed E-state index contributed by atoms with van der Waals surface area (Å²) in [6.45, 7) is 2.94. The molecule has 0 aromatic heterocycles. The Hall–Kier alpha value is -0.160. The Morgan fingerprint density at radius 1 is 1.43 bits per heavy atom. The average Bonchev–Trinajstić information content (AvgIpc) is 2.68. The minimum Gasteiger partial charge on any atom is -0.396 e. The van der Waals surface area contributed by atoms with Gasteiger partial charge < -0.3 is 19.9 Å². The molecule has 2 rings (SSSR count). The fourth-order valence-electron chi connectivity index (χ4n) is 2.12. The molecule has 2 aliphatic rings. The lowest BCUT2D eigenvalue weighted by Crippen LogP contribution is -2.37. The van der Waals surface area contributed by atoms with Crippen LogP contribution < -0.4 is 5.32 Å². The molecule has 0 saturated carbocycles. The van der Waals surface area contributed by atoms with Gasteiger partial charge in [-0.3, -0.25) is 0 Å². The molecule has 0 radical (unpaired) electrons. The molecule has 14 heavy (non-hydrogen) atoms. The van der Waals surface area contributed by atoms with E-state index in [4.69, 9.17) is 14.6 Å². The van der Waals surface area contributed by atoms with Crippen LogP contribution in [0.15, 0.2) is 0 Å². The minimum atomic E-state index is -0.0423. The summed E-state index contributed by atoms with van der Waals surface area (Å²) in [4.78, 5) is 0. The smallest absolute Gasteiger partial charge is 0.162 e. The molecule has 2 heterocycles. The van der Waals surface area contributed by atoms with Crippen molar-refractivity contribution in [2.45, 2.75) is 31.7 Å². The summed E-state index contributed by atoms with van der Waals surface area (Å²) >= 11 is 0. The highest BCUT2D eigenvalue weighted by molar-refractivity contribution is 4.76. The first-order chi connectivity index (χ1) is 6.90. The van der Waals surface area contributed by atoms with Gasteiger partial charge in [-0.1, -0.05) is 0 Å². The van der Waals surface area contributed by atoms with E-state index in [1.807, 2.05) is 0 Å². The third-order valence-electron chi connectivity index (χ3n) is 2.94. The Labute approximate surface area is 84.6 Å². The van der Waals surface area contributed by atoms with E-state index in [0.29, 0.717) is 18.9 Å². The molecule has 0 aliphatic carbocycles. The summed E-state index contributed by atoms with van der Waals surface area (Å²) in [5.74, 6) is 0.493. The van der Waals surface area contributed by atoms with Gasteiger partial charge in [-0.05, 0) is 25.8 Å². The molecule has 2 saturated heterocycles. The SMILES string of the molecule is OCCC1COC(C2CCCNC2)O1. The van der Waals surface area contributed by atoms with Crippen molar-refractivity contribution in [3.05, 3.63) is 0 Å². The Balaban J connectivity index is 1.76. The fourth-order valence-corrected chi connectivity index (χ4v) is 2.12. The van der Waals surface area contributed by atoms with E-state index in [1.54, 1.807) is 0 Å². The van der Waals surface area contributed by atoms with E-state index < -0.39 is 0 Å². The maximum atomic E-state index is 8.78. The van der Waals surface area contributed by atoms with Gasteiger partial charge in [0.05, 0.1) is 12.7 Å². The predicted molar refractivity (Wildman–Crippen MR) is 51.9 cm³/mol. The van der Waals surface area contributed by atoms with Crippen molar-refractivity contribution in [3.8, 4) is 0 Å². The lowest BCUT2D eigenvalue weighted by molar-refractivity contribution is -0.102. The van der Waals surface area contributed by atoms with Crippen LogP contribution in [0.4, 0.5) is 0 Å². The van der Waals surface area contributed by atoms with Gasteiger partial charge in [0, 0.05) is 19.1 Å². The maximum absolute atomic E-state index is 8.78. The number of aliphatic hydroxyl groups excluding tert-OH is 1. The molecule has 4 heteroatoms. The molecule has 2 fully saturated rings. The number of nitrogens with one attached hydrogen (secondary N) is 1.